The van der Waals surface area contributed by atoms with Gasteiger partial charge in [-0.25, -0.2) is 4.39 Å². The second kappa shape index (κ2) is 7.81. The molecule has 1 aromatic rings. The number of nitrogens with zero attached hydrogens (tertiary/aromatic N) is 3. The number of hydrogen-bond acceptors (Lipinski definition) is 5. The summed E-state index contributed by atoms with van der Waals surface area (Å²) in [7, 11) is 3.34. The largest absolute Gasteiger partial charge is 0.369 e. The molecule has 0 N–H and O–H groups in total. The number of anilines is 1. The fourth-order valence-corrected chi connectivity index (χ4v) is 2.81. The third kappa shape index (κ3) is 5.15. The number of halogens is 1. The number of nitriles is 1. The Balaban J connectivity index is 2.05. The Hall–Kier alpha value is -2.17. The Morgan fingerprint density at radius 2 is 2.24 bits per heavy atom. The monoisotopic (exact) mass is 349 g/mol. The van der Waals surface area contributed by atoms with E-state index in [0.29, 0.717) is 18.8 Å². The minimum Gasteiger partial charge on any atom is -0.369 e. The van der Waals surface area contributed by atoms with E-state index in [9.17, 15) is 9.18 Å². The molecule has 0 aromatic heterocycles. The van der Waals surface area contributed by atoms with Crippen LogP contribution in [0.1, 0.15) is 19.4 Å². The number of hydrogen-bond donors (Lipinski definition) is 0. The van der Waals surface area contributed by atoms with Crippen molar-refractivity contribution in [2.75, 3.05) is 45.3 Å². The fraction of sp³-hybridized carbons (Fsp3) is 0.556. The lowest BCUT2D eigenvalue weighted by Crippen LogP contribution is -2.54. The summed E-state index contributed by atoms with van der Waals surface area (Å²) in [4.78, 5) is 14.9. The zero-order valence-corrected chi connectivity index (χ0v) is 15.1. The summed E-state index contributed by atoms with van der Waals surface area (Å²) < 4.78 is 25.8. The average molecular weight is 349 g/mol. The molecule has 0 bridgehead atoms. The standard InChI is InChI=1S/C18H24FN3O3/c1-18(2)12-22(16-6-5-13(8-20)7-15(16)19)9-14(25-18)10-24-11-17(23)21(3)4/h5-7,14H,9-12H2,1-4H3. The van der Waals surface area contributed by atoms with Crippen LogP contribution < -0.4 is 4.90 Å². The van der Waals surface area contributed by atoms with Crippen molar-refractivity contribution < 1.29 is 18.7 Å². The maximum Gasteiger partial charge on any atom is 0.248 e. The number of amides is 1. The molecule has 1 unspecified atom stereocenters. The lowest BCUT2D eigenvalue weighted by Gasteiger charge is -2.43. The van der Waals surface area contributed by atoms with Gasteiger partial charge in [0.15, 0.2) is 0 Å². The van der Waals surface area contributed by atoms with E-state index in [1.54, 1.807) is 26.2 Å². The van der Waals surface area contributed by atoms with Gasteiger partial charge in [-0.3, -0.25) is 4.79 Å². The van der Waals surface area contributed by atoms with Crippen molar-refractivity contribution >= 4 is 11.6 Å². The number of ether oxygens (including phenoxy) is 2. The van der Waals surface area contributed by atoms with Crippen LogP contribution in [0.5, 0.6) is 0 Å². The first-order valence-electron chi connectivity index (χ1n) is 8.12. The quantitative estimate of drug-likeness (QED) is 0.811. The number of likely N-dealkylation sites (N-methyl/N-ethyl adjacent to an activating group) is 1. The summed E-state index contributed by atoms with van der Waals surface area (Å²) in [5, 5.41) is 8.87. The molecule has 1 fully saturated rings. The van der Waals surface area contributed by atoms with Gasteiger partial charge < -0.3 is 19.3 Å². The van der Waals surface area contributed by atoms with Gasteiger partial charge in [0, 0.05) is 27.2 Å². The van der Waals surface area contributed by atoms with Crippen LogP contribution in [-0.4, -0.2) is 62.9 Å². The molecule has 0 spiro atoms. The number of rotatable bonds is 5. The molecule has 1 aliphatic rings. The number of carbonyl (C=O) groups excluding carboxylic acids is 1. The zero-order valence-electron chi connectivity index (χ0n) is 15.1. The molecule has 25 heavy (non-hydrogen) atoms. The Morgan fingerprint density at radius 1 is 1.52 bits per heavy atom. The minimum atomic E-state index is -0.488. The summed E-state index contributed by atoms with van der Waals surface area (Å²) in [6.45, 7) is 5.05. The van der Waals surface area contributed by atoms with Gasteiger partial charge in [0.1, 0.15) is 12.4 Å². The van der Waals surface area contributed by atoms with Gasteiger partial charge in [-0.1, -0.05) is 0 Å². The third-order valence-electron chi connectivity index (χ3n) is 3.93. The minimum absolute atomic E-state index is 0.0154. The van der Waals surface area contributed by atoms with Crippen molar-refractivity contribution in [3.8, 4) is 6.07 Å². The van der Waals surface area contributed by atoms with Gasteiger partial charge >= 0.3 is 0 Å². The highest BCUT2D eigenvalue weighted by Crippen LogP contribution is 2.28. The van der Waals surface area contributed by atoms with Gasteiger partial charge in [0.05, 0.1) is 35.6 Å². The lowest BCUT2D eigenvalue weighted by molar-refractivity contribution is -0.139. The van der Waals surface area contributed by atoms with E-state index < -0.39 is 11.4 Å². The van der Waals surface area contributed by atoms with Crippen LogP contribution in [0, 0.1) is 17.1 Å². The van der Waals surface area contributed by atoms with E-state index in [0.717, 1.165) is 0 Å². The maximum absolute atomic E-state index is 14.3. The van der Waals surface area contributed by atoms with E-state index in [4.69, 9.17) is 14.7 Å². The first-order valence-corrected chi connectivity index (χ1v) is 8.12. The van der Waals surface area contributed by atoms with Gasteiger partial charge in [-0.15, -0.1) is 0 Å². The van der Waals surface area contributed by atoms with E-state index in [1.165, 1.54) is 11.0 Å². The summed E-state index contributed by atoms with van der Waals surface area (Å²) in [5.41, 5.74) is 0.235. The molecule has 1 amide bonds. The summed E-state index contributed by atoms with van der Waals surface area (Å²) in [6, 6.07) is 6.38. The van der Waals surface area contributed by atoms with Crippen LogP contribution in [-0.2, 0) is 14.3 Å². The molecule has 0 aliphatic carbocycles. The summed E-state index contributed by atoms with van der Waals surface area (Å²) in [6.07, 6.45) is -0.284. The van der Waals surface area contributed by atoms with Gasteiger partial charge in [-0.2, -0.15) is 5.26 Å². The van der Waals surface area contributed by atoms with Crippen molar-refractivity contribution in [1.29, 1.82) is 5.26 Å². The van der Waals surface area contributed by atoms with Crippen molar-refractivity contribution in [3.05, 3.63) is 29.6 Å². The molecular formula is C18H24FN3O3. The molecule has 136 valence electrons. The van der Waals surface area contributed by atoms with E-state index in [2.05, 4.69) is 0 Å². The van der Waals surface area contributed by atoms with Crippen LogP contribution in [0.4, 0.5) is 10.1 Å². The topological polar surface area (TPSA) is 65.8 Å². The lowest BCUT2D eigenvalue weighted by atomic mass is 10.0. The number of benzene rings is 1. The molecule has 1 aliphatic heterocycles. The second-order valence-electron chi connectivity index (χ2n) is 6.96. The first-order chi connectivity index (χ1) is 11.7. The molecule has 0 radical (unpaired) electrons. The molecule has 6 nitrogen and oxygen atoms in total. The molecular weight excluding hydrogens is 325 g/mol. The molecule has 1 aromatic carbocycles. The first kappa shape index (κ1) is 19.2. The fourth-order valence-electron chi connectivity index (χ4n) is 2.81. The zero-order chi connectivity index (χ0) is 18.6. The number of carbonyl (C=O) groups is 1. The van der Waals surface area contributed by atoms with Crippen LogP contribution >= 0.6 is 0 Å². The van der Waals surface area contributed by atoms with Crippen molar-refractivity contribution in [3.63, 3.8) is 0 Å². The molecule has 7 heteroatoms. The summed E-state index contributed by atoms with van der Waals surface area (Å²) >= 11 is 0. The average Bonchev–Trinajstić information content (AvgIpc) is 2.52. The normalized spacial score (nSPS) is 19.4. The number of morpholine rings is 1. The highest BCUT2D eigenvalue weighted by Gasteiger charge is 2.34. The Kier molecular flexibility index (Phi) is 5.98. The van der Waals surface area contributed by atoms with Crippen molar-refractivity contribution in [2.24, 2.45) is 0 Å². The molecule has 1 heterocycles. The van der Waals surface area contributed by atoms with Gasteiger partial charge in [0.2, 0.25) is 5.91 Å². The van der Waals surface area contributed by atoms with Crippen LogP contribution in [0.2, 0.25) is 0 Å². The molecule has 0 saturated carbocycles. The Morgan fingerprint density at radius 3 is 2.84 bits per heavy atom. The predicted molar refractivity (Wildman–Crippen MR) is 91.8 cm³/mol. The van der Waals surface area contributed by atoms with E-state index in [1.807, 2.05) is 24.8 Å². The molecule has 1 saturated heterocycles. The smallest absolute Gasteiger partial charge is 0.248 e. The van der Waals surface area contributed by atoms with E-state index >= 15 is 0 Å². The maximum atomic E-state index is 14.3. The third-order valence-corrected chi connectivity index (χ3v) is 3.93. The second-order valence-corrected chi connectivity index (χ2v) is 6.96. The van der Waals surface area contributed by atoms with Crippen molar-refractivity contribution in [1.82, 2.24) is 4.90 Å². The highest BCUT2D eigenvalue weighted by molar-refractivity contribution is 5.76. The van der Waals surface area contributed by atoms with Crippen molar-refractivity contribution in [2.45, 2.75) is 25.6 Å². The van der Waals surface area contributed by atoms with Crippen LogP contribution in [0.3, 0.4) is 0 Å². The molecule has 2 rings (SSSR count). The van der Waals surface area contributed by atoms with Crippen LogP contribution in [0.15, 0.2) is 18.2 Å². The molecule has 1 atom stereocenters. The van der Waals surface area contributed by atoms with Crippen LogP contribution in [0.25, 0.3) is 0 Å². The SMILES string of the molecule is CN(C)C(=O)COCC1CN(c2ccc(C#N)cc2F)CC(C)(C)O1. The van der Waals surface area contributed by atoms with E-state index in [-0.39, 0.29) is 30.8 Å². The Bertz CT molecular complexity index is 670. The van der Waals surface area contributed by atoms with Gasteiger partial charge in [0.25, 0.3) is 0 Å². The van der Waals surface area contributed by atoms with Gasteiger partial charge in [-0.05, 0) is 32.0 Å². The predicted octanol–water partition coefficient (Wildman–Crippen LogP) is 1.79. The Labute approximate surface area is 147 Å². The summed E-state index contributed by atoms with van der Waals surface area (Å²) in [5.74, 6) is -0.552. The highest BCUT2D eigenvalue weighted by atomic mass is 19.1.